The van der Waals surface area contributed by atoms with Crippen LogP contribution < -0.4 is 11.3 Å². The Bertz CT molecular complexity index is 1370. The first kappa shape index (κ1) is 19.2. The molecular formula is C20H14Cl2N6O. The minimum atomic E-state index is -0.282. The van der Waals surface area contributed by atoms with Crippen LogP contribution in [0.4, 0.5) is 5.69 Å². The van der Waals surface area contributed by atoms with Crippen LogP contribution in [0.2, 0.25) is 10.0 Å². The number of nitrogens with one attached hydrogen (secondary N) is 1. The van der Waals surface area contributed by atoms with Crippen molar-refractivity contribution in [3.63, 3.8) is 0 Å². The molecule has 0 unspecified atom stereocenters. The zero-order valence-corrected chi connectivity index (χ0v) is 16.7. The molecular weight excluding hydrogens is 411 g/mol. The Kier molecular flexibility index (Phi) is 4.84. The second kappa shape index (κ2) is 7.33. The average molecular weight is 425 g/mol. The summed E-state index contributed by atoms with van der Waals surface area (Å²) >= 11 is 12.3. The van der Waals surface area contributed by atoms with E-state index >= 15 is 0 Å². The Morgan fingerprint density at radius 3 is 2.66 bits per heavy atom. The van der Waals surface area contributed by atoms with E-state index in [4.69, 9.17) is 35.5 Å². The molecule has 3 N–H and O–H groups in total. The van der Waals surface area contributed by atoms with Crippen molar-refractivity contribution in [3.8, 4) is 22.4 Å². The van der Waals surface area contributed by atoms with Gasteiger partial charge in [0.1, 0.15) is 0 Å². The second-order valence-corrected chi connectivity index (χ2v) is 7.20. The fourth-order valence-electron chi connectivity index (χ4n) is 3.33. The summed E-state index contributed by atoms with van der Waals surface area (Å²) in [7, 11) is 1.79. The van der Waals surface area contributed by atoms with Gasteiger partial charge in [-0.15, -0.1) is 0 Å². The lowest BCUT2D eigenvalue weighted by molar-refractivity contribution is 0.776. The first-order valence-corrected chi connectivity index (χ1v) is 9.30. The predicted molar refractivity (Wildman–Crippen MR) is 114 cm³/mol. The van der Waals surface area contributed by atoms with Crippen LogP contribution in [-0.2, 0) is 13.6 Å². The lowest BCUT2D eigenvalue weighted by Crippen LogP contribution is -2.13. The molecule has 0 bridgehead atoms. The normalized spacial score (nSPS) is 11.0. The molecule has 4 rings (SSSR count). The van der Waals surface area contributed by atoms with Gasteiger partial charge in [0.15, 0.2) is 5.69 Å². The number of H-pyrrole nitrogens is 1. The van der Waals surface area contributed by atoms with Crippen LogP contribution in [0.5, 0.6) is 0 Å². The molecule has 29 heavy (non-hydrogen) atoms. The summed E-state index contributed by atoms with van der Waals surface area (Å²) in [5.74, 6) is 0. The van der Waals surface area contributed by atoms with Gasteiger partial charge in [0.2, 0.25) is 0 Å². The topological polar surface area (TPSA) is 93.9 Å². The van der Waals surface area contributed by atoms with Gasteiger partial charge < -0.3 is 5.73 Å². The average Bonchev–Trinajstić information content (AvgIpc) is 3.11. The van der Waals surface area contributed by atoms with Crippen LogP contribution in [0.1, 0.15) is 5.69 Å². The Labute approximate surface area is 175 Å². The predicted octanol–water partition coefficient (Wildman–Crippen LogP) is 4.31. The fraction of sp³-hybridized carbons (Fsp3) is 0.100. The van der Waals surface area contributed by atoms with Gasteiger partial charge in [0, 0.05) is 35.1 Å². The smallest absolute Gasteiger partial charge is 0.272 e. The fourth-order valence-corrected chi connectivity index (χ4v) is 3.65. The molecule has 2 aromatic carbocycles. The quantitative estimate of drug-likeness (QED) is 0.479. The van der Waals surface area contributed by atoms with Gasteiger partial charge in [-0.3, -0.25) is 9.48 Å². The highest BCUT2D eigenvalue weighted by Crippen LogP contribution is 2.41. The maximum absolute atomic E-state index is 12.1. The zero-order valence-electron chi connectivity index (χ0n) is 15.2. The Morgan fingerprint density at radius 2 is 1.93 bits per heavy atom. The molecule has 0 fully saturated rings. The number of halogens is 2. The van der Waals surface area contributed by atoms with Crippen molar-refractivity contribution >= 4 is 39.7 Å². The molecule has 0 aliphatic carbocycles. The summed E-state index contributed by atoms with van der Waals surface area (Å²) in [6.07, 6.45) is 1.70. The van der Waals surface area contributed by atoms with E-state index in [1.807, 2.05) is 12.1 Å². The van der Waals surface area contributed by atoms with E-state index in [0.717, 1.165) is 11.1 Å². The van der Waals surface area contributed by atoms with Crippen molar-refractivity contribution in [3.05, 3.63) is 74.0 Å². The maximum Gasteiger partial charge on any atom is 0.272 e. The number of aryl methyl sites for hydroxylation is 1. The van der Waals surface area contributed by atoms with Crippen molar-refractivity contribution in [2.45, 2.75) is 6.54 Å². The molecule has 0 radical (unpaired) electrons. The molecule has 0 saturated heterocycles. The SMILES string of the molecule is [C-]#[N+]c1cc(Cl)c(Cl)cc1-c1c(-c2ccc3c(=O)[nH]nc(CN)c3c2)cnn1C. The lowest BCUT2D eigenvalue weighted by Gasteiger charge is -2.11. The molecule has 2 heterocycles. The monoisotopic (exact) mass is 424 g/mol. The third kappa shape index (κ3) is 3.17. The highest BCUT2D eigenvalue weighted by molar-refractivity contribution is 6.42. The van der Waals surface area contributed by atoms with Crippen LogP contribution in [0.25, 0.3) is 38.0 Å². The van der Waals surface area contributed by atoms with Crippen LogP contribution >= 0.6 is 23.2 Å². The molecule has 0 amide bonds. The molecule has 0 saturated carbocycles. The van der Waals surface area contributed by atoms with E-state index in [9.17, 15) is 4.79 Å². The summed E-state index contributed by atoms with van der Waals surface area (Å²) in [5, 5.41) is 12.7. The Morgan fingerprint density at radius 1 is 1.17 bits per heavy atom. The van der Waals surface area contributed by atoms with Gasteiger partial charge in [0.25, 0.3) is 5.56 Å². The largest absolute Gasteiger partial charge is 0.325 e. The van der Waals surface area contributed by atoms with Crippen molar-refractivity contribution in [2.75, 3.05) is 0 Å². The highest BCUT2D eigenvalue weighted by atomic mass is 35.5. The van der Waals surface area contributed by atoms with Gasteiger partial charge in [-0.25, -0.2) is 9.94 Å². The van der Waals surface area contributed by atoms with E-state index in [0.29, 0.717) is 43.5 Å². The molecule has 9 heteroatoms. The van der Waals surface area contributed by atoms with Crippen molar-refractivity contribution < 1.29 is 0 Å². The van der Waals surface area contributed by atoms with E-state index in [2.05, 4.69) is 20.1 Å². The minimum Gasteiger partial charge on any atom is -0.325 e. The number of hydrogen-bond acceptors (Lipinski definition) is 4. The third-order valence-electron chi connectivity index (χ3n) is 4.72. The number of aromatic nitrogens is 4. The molecule has 0 atom stereocenters. The second-order valence-electron chi connectivity index (χ2n) is 6.39. The van der Waals surface area contributed by atoms with Gasteiger partial charge in [-0.05, 0) is 29.8 Å². The zero-order chi connectivity index (χ0) is 20.7. The van der Waals surface area contributed by atoms with E-state index in [-0.39, 0.29) is 12.1 Å². The number of nitrogens with two attached hydrogens (primary N) is 1. The van der Waals surface area contributed by atoms with Gasteiger partial charge >= 0.3 is 0 Å². The number of hydrogen-bond donors (Lipinski definition) is 2. The molecule has 0 aliphatic rings. The molecule has 0 spiro atoms. The number of fused-ring (bicyclic) bond motifs is 1. The van der Waals surface area contributed by atoms with Gasteiger partial charge in [-0.2, -0.15) is 10.2 Å². The number of nitrogens with zero attached hydrogens (tertiary/aromatic N) is 4. The molecule has 144 valence electrons. The van der Waals surface area contributed by atoms with Crippen LogP contribution in [0.3, 0.4) is 0 Å². The van der Waals surface area contributed by atoms with Crippen LogP contribution in [-0.4, -0.2) is 20.0 Å². The van der Waals surface area contributed by atoms with Crippen molar-refractivity contribution in [1.82, 2.24) is 20.0 Å². The van der Waals surface area contributed by atoms with E-state index in [1.54, 1.807) is 36.1 Å². The van der Waals surface area contributed by atoms with E-state index < -0.39 is 0 Å². The van der Waals surface area contributed by atoms with Crippen LogP contribution in [0.15, 0.2) is 41.3 Å². The molecule has 0 aliphatic heterocycles. The van der Waals surface area contributed by atoms with Crippen molar-refractivity contribution in [2.24, 2.45) is 12.8 Å². The summed E-state index contributed by atoms with van der Waals surface area (Å²) in [6, 6.07) is 8.62. The van der Waals surface area contributed by atoms with E-state index in [1.165, 1.54) is 0 Å². The first-order valence-electron chi connectivity index (χ1n) is 8.55. The van der Waals surface area contributed by atoms with Crippen molar-refractivity contribution in [1.29, 1.82) is 0 Å². The third-order valence-corrected chi connectivity index (χ3v) is 5.45. The Hall–Kier alpha value is -3.18. The first-order chi connectivity index (χ1) is 13.9. The molecule has 4 aromatic rings. The lowest BCUT2D eigenvalue weighted by atomic mass is 9.98. The minimum absolute atomic E-state index is 0.186. The molecule has 2 aromatic heterocycles. The molecule has 7 nitrogen and oxygen atoms in total. The summed E-state index contributed by atoms with van der Waals surface area (Å²) in [4.78, 5) is 15.7. The number of benzene rings is 2. The van der Waals surface area contributed by atoms with Crippen LogP contribution in [0, 0.1) is 6.57 Å². The Balaban J connectivity index is 2.00. The summed E-state index contributed by atoms with van der Waals surface area (Å²) < 4.78 is 1.67. The number of aromatic amines is 1. The summed E-state index contributed by atoms with van der Waals surface area (Å²) in [5.41, 5.74) is 9.37. The maximum atomic E-state index is 12.1. The van der Waals surface area contributed by atoms with Gasteiger partial charge in [0.05, 0.1) is 34.6 Å². The van der Waals surface area contributed by atoms with Gasteiger partial charge in [-0.1, -0.05) is 29.3 Å². The summed E-state index contributed by atoms with van der Waals surface area (Å²) in [6.45, 7) is 7.70. The standard InChI is InChI=1S/C20H14Cl2N6O/c1-24-17-7-16(22)15(21)6-13(17)19-14(9-25-28(19)2)10-3-4-11-12(5-10)18(8-23)26-27-20(11)29/h3-7,9H,8,23H2,2H3,(H,27,29). The number of rotatable bonds is 3. The highest BCUT2D eigenvalue weighted by Gasteiger charge is 2.19.